The Labute approximate surface area is 218 Å². The molecule has 0 aliphatic heterocycles. The lowest BCUT2D eigenvalue weighted by atomic mass is 10.1. The second-order valence-corrected chi connectivity index (χ2v) is 9.48. The summed E-state index contributed by atoms with van der Waals surface area (Å²) in [5.74, 6) is -3.21. The van der Waals surface area contributed by atoms with Gasteiger partial charge in [0.1, 0.15) is 17.1 Å². The van der Waals surface area contributed by atoms with Crippen LogP contribution in [-0.4, -0.2) is 26.6 Å². The van der Waals surface area contributed by atoms with Crippen molar-refractivity contribution in [1.29, 1.82) is 0 Å². The molecule has 3 aromatic carbocycles. The van der Waals surface area contributed by atoms with Crippen LogP contribution in [0.15, 0.2) is 59.5 Å². The number of carboxylic acid groups (broad SMARTS) is 1. The summed E-state index contributed by atoms with van der Waals surface area (Å²) in [6.45, 7) is 0. The van der Waals surface area contributed by atoms with Gasteiger partial charge in [0.25, 0.3) is 10.0 Å². The molecule has 0 radical (unpaired) electrons. The van der Waals surface area contributed by atoms with Gasteiger partial charge in [-0.25, -0.2) is 13.2 Å². The van der Waals surface area contributed by atoms with Gasteiger partial charge in [0.2, 0.25) is 0 Å². The largest absolute Gasteiger partial charge is 0.496 e. The Balaban J connectivity index is 2.19. The fourth-order valence-corrected chi connectivity index (χ4v) is 4.39. The van der Waals surface area contributed by atoms with Gasteiger partial charge < -0.3 is 14.6 Å². The number of carboxylic acids is 1. The monoisotopic (exact) mass is 603 g/mol. The predicted molar refractivity (Wildman–Crippen MR) is 119 cm³/mol. The van der Waals surface area contributed by atoms with Crippen molar-refractivity contribution in [3.63, 3.8) is 0 Å². The Morgan fingerprint density at radius 3 is 1.75 bits per heavy atom. The van der Waals surface area contributed by atoms with Crippen LogP contribution in [0.4, 0.5) is 45.2 Å². The number of sulfonamides is 1. The van der Waals surface area contributed by atoms with Crippen LogP contribution < -0.4 is 14.2 Å². The van der Waals surface area contributed by atoms with Crippen molar-refractivity contribution in [2.45, 2.75) is 23.4 Å². The fraction of sp³-hybridized carbons (Fsp3) is 0.174. The molecule has 0 saturated heterocycles. The molecule has 0 unspecified atom stereocenters. The number of hydrogen-bond acceptors (Lipinski definition) is 5. The van der Waals surface area contributed by atoms with Gasteiger partial charge in [-0.2, -0.15) is 39.5 Å². The lowest BCUT2D eigenvalue weighted by Crippen LogP contribution is -2.18. The molecule has 40 heavy (non-hydrogen) atoms. The molecule has 0 fully saturated rings. The zero-order valence-electron chi connectivity index (χ0n) is 19.5. The van der Waals surface area contributed by atoms with E-state index in [1.165, 1.54) is 16.9 Å². The smallest absolute Gasteiger partial charge is 0.416 e. The van der Waals surface area contributed by atoms with Crippen molar-refractivity contribution in [2.75, 3.05) is 11.8 Å². The molecular formula is C23H14F9NO6S. The number of alkyl halides is 9. The van der Waals surface area contributed by atoms with Crippen molar-refractivity contribution in [3.05, 3.63) is 76.9 Å². The Hall–Kier alpha value is -4.15. The fourth-order valence-electron chi connectivity index (χ4n) is 3.26. The van der Waals surface area contributed by atoms with Crippen LogP contribution in [0.2, 0.25) is 0 Å². The zero-order valence-corrected chi connectivity index (χ0v) is 20.3. The van der Waals surface area contributed by atoms with Gasteiger partial charge in [-0.3, -0.25) is 4.72 Å². The summed E-state index contributed by atoms with van der Waals surface area (Å²) in [5, 5.41) is 9.49. The predicted octanol–water partition coefficient (Wildman–Crippen LogP) is 7.04. The van der Waals surface area contributed by atoms with Crippen molar-refractivity contribution in [3.8, 4) is 17.2 Å². The molecule has 0 amide bonds. The van der Waals surface area contributed by atoms with E-state index in [0.717, 1.165) is 13.2 Å². The highest BCUT2D eigenvalue weighted by Gasteiger charge is 2.39. The standard InChI is InChI=1S/C23H14F9NO6S/c1-38-17-3-2-4-18(19(17)20(34)35)39-16-6-5-11(21(24,25)26)10-15(16)33-40(36,37)14-8-12(22(27,28)29)7-13(9-14)23(30,31)32/h2-10,33H,1H3,(H,34,35). The van der Waals surface area contributed by atoms with Gasteiger partial charge in [0.05, 0.1) is 34.4 Å². The number of rotatable bonds is 7. The van der Waals surface area contributed by atoms with Crippen molar-refractivity contribution in [2.24, 2.45) is 0 Å². The summed E-state index contributed by atoms with van der Waals surface area (Å²) in [7, 11) is -4.34. The van der Waals surface area contributed by atoms with Crippen LogP contribution >= 0.6 is 0 Å². The molecule has 216 valence electrons. The number of anilines is 1. The number of carbonyl (C=O) groups is 1. The summed E-state index contributed by atoms with van der Waals surface area (Å²) >= 11 is 0. The summed E-state index contributed by atoms with van der Waals surface area (Å²) in [4.78, 5) is 10.1. The molecule has 2 N–H and O–H groups in total. The van der Waals surface area contributed by atoms with Gasteiger partial charge >= 0.3 is 24.5 Å². The van der Waals surface area contributed by atoms with Crippen LogP contribution in [0, 0.1) is 0 Å². The minimum Gasteiger partial charge on any atom is -0.496 e. The molecular weight excluding hydrogens is 589 g/mol. The van der Waals surface area contributed by atoms with Gasteiger partial charge in [-0.1, -0.05) is 6.07 Å². The Bertz CT molecular complexity index is 1520. The van der Waals surface area contributed by atoms with Gasteiger partial charge in [-0.05, 0) is 48.5 Å². The van der Waals surface area contributed by atoms with Crippen molar-refractivity contribution < 1.29 is 67.3 Å². The number of ether oxygens (including phenoxy) is 2. The molecule has 0 aliphatic carbocycles. The number of hydrogen-bond donors (Lipinski definition) is 2. The van der Waals surface area contributed by atoms with E-state index in [0.29, 0.717) is 12.1 Å². The normalized spacial score (nSPS) is 12.7. The van der Waals surface area contributed by atoms with Crippen LogP contribution in [0.25, 0.3) is 0 Å². The van der Waals surface area contributed by atoms with Crippen LogP contribution in [0.3, 0.4) is 0 Å². The first-order valence-corrected chi connectivity index (χ1v) is 11.8. The summed E-state index contributed by atoms with van der Waals surface area (Å²) in [5.41, 5.74) is -7.19. The Morgan fingerprint density at radius 1 is 0.750 bits per heavy atom. The molecule has 3 aromatic rings. The Kier molecular flexibility index (Phi) is 7.93. The maximum atomic E-state index is 13.4. The molecule has 7 nitrogen and oxygen atoms in total. The minimum absolute atomic E-state index is 0.143. The van der Waals surface area contributed by atoms with Crippen LogP contribution in [0.5, 0.6) is 17.2 Å². The van der Waals surface area contributed by atoms with E-state index < -0.39 is 78.9 Å². The molecule has 17 heteroatoms. The lowest BCUT2D eigenvalue weighted by molar-refractivity contribution is -0.143. The van der Waals surface area contributed by atoms with E-state index >= 15 is 0 Å². The summed E-state index contributed by atoms with van der Waals surface area (Å²) in [6.07, 6.45) is -15.9. The van der Waals surface area contributed by atoms with Gasteiger partial charge in [0, 0.05) is 0 Å². The third-order valence-corrected chi connectivity index (χ3v) is 6.41. The zero-order chi connectivity index (χ0) is 30.3. The third-order valence-electron chi connectivity index (χ3n) is 5.06. The van der Waals surface area contributed by atoms with Crippen molar-refractivity contribution >= 4 is 21.7 Å². The first kappa shape index (κ1) is 30.4. The number of halogens is 9. The average Bonchev–Trinajstić information content (AvgIpc) is 2.82. The minimum atomic E-state index is -5.43. The second kappa shape index (κ2) is 10.4. The summed E-state index contributed by atoms with van der Waals surface area (Å²) < 4.78 is 157. The van der Waals surface area contributed by atoms with Crippen LogP contribution in [-0.2, 0) is 28.6 Å². The van der Waals surface area contributed by atoms with E-state index in [2.05, 4.69) is 0 Å². The highest BCUT2D eigenvalue weighted by atomic mass is 32.2. The molecule has 0 aromatic heterocycles. The maximum absolute atomic E-state index is 13.4. The Morgan fingerprint density at radius 2 is 1.27 bits per heavy atom. The third kappa shape index (κ3) is 6.70. The first-order chi connectivity index (χ1) is 18.2. The van der Waals surface area contributed by atoms with Gasteiger partial charge in [-0.15, -0.1) is 0 Å². The number of aromatic carboxylic acids is 1. The maximum Gasteiger partial charge on any atom is 0.416 e. The lowest BCUT2D eigenvalue weighted by Gasteiger charge is -2.18. The van der Waals surface area contributed by atoms with E-state index in [4.69, 9.17) is 9.47 Å². The quantitative estimate of drug-likeness (QED) is 0.281. The van der Waals surface area contributed by atoms with Gasteiger partial charge in [0.15, 0.2) is 5.75 Å². The topological polar surface area (TPSA) is 102 Å². The number of methoxy groups -OCH3 is 1. The highest BCUT2D eigenvalue weighted by Crippen LogP contribution is 2.41. The molecule has 0 heterocycles. The molecule has 3 rings (SSSR count). The van der Waals surface area contributed by atoms with Crippen LogP contribution in [0.1, 0.15) is 27.0 Å². The van der Waals surface area contributed by atoms with E-state index in [9.17, 15) is 57.8 Å². The highest BCUT2D eigenvalue weighted by molar-refractivity contribution is 7.92. The summed E-state index contributed by atoms with van der Waals surface area (Å²) in [6, 6.07) is 3.96. The molecule has 0 saturated carbocycles. The van der Waals surface area contributed by atoms with E-state index in [-0.39, 0.29) is 30.0 Å². The molecule has 0 bridgehead atoms. The van der Waals surface area contributed by atoms with E-state index in [1.54, 1.807) is 0 Å². The number of nitrogens with one attached hydrogen (secondary N) is 1. The van der Waals surface area contributed by atoms with Crippen molar-refractivity contribution in [1.82, 2.24) is 0 Å². The average molecular weight is 603 g/mol. The van der Waals surface area contributed by atoms with E-state index in [1.807, 2.05) is 0 Å². The number of benzene rings is 3. The molecule has 0 aliphatic rings. The second-order valence-electron chi connectivity index (χ2n) is 7.80. The first-order valence-electron chi connectivity index (χ1n) is 10.4. The molecule has 0 spiro atoms. The molecule has 0 atom stereocenters. The SMILES string of the molecule is COc1cccc(Oc2ccc(C(F)(F)F)cc2NS(=O)(=O)c2cc(C(F)(F)F)cc(C(F)(F)F)c2)c1C(=O)O.